The van der Waals surface area contributed by atoms with Gasteiger partial charge in [-0.15, -0.1) is 0 Å². The minimum absolute atomic E-state index is 0.216. The van der Waals surface area contributed by atoms with Gasteiger partial charge in [-0.3, -0.25) is 14.6 Å². The summed E-state index contributed by atoms with van der Waals surface area (Å²) in [5, 5.41) is 2.88. The molecule has 1 aliphatic carbocycles. The predicted octanol–water partition coefficient (Wildman–Crippen LogP) is 3.65. The summed E-state index contributed by atoms with van der Waals surface area (Å²) in [5.41, 5.74) is 2.00. The Morgan fingerprint density at radius 2 is 2.06 bits per heavy atom. The van der Waals surface area contributed by atoms with Crippen molar-refractivity contribution in [1.29, 1.82) is 0 Å². The number of hydrogen-bond donors (Lipinski definition) is 1. The van der Waals surface area contributed by atoms with Gasteiger partial charge in [-0.05, 0) is 55.7 Å². The highest BCUT2D eigenvalue weighted by molar-refractivity contribution is 5.91. The summed E-state index contributed by atoms with van der Waals surface area (Å²) < 4.78 is 7.87. The van der Waals surface area contributed by atoms with Crippen molar-refractivity contribution in [2.24, 2.45) is 5.92 Å². The van der Waals surface area contributed by atoms with Crippen molar-refractivity contribution in [2.75, 3.05) is 13.1 Å². The molecule has 0 bridgehead atoms. The number of nitrogens with one attached hydrogen (secondary N) is 1. The fourth-order valence-electron chi connectivity index (χ4n) is 3.76. The summed E-state index contributed by atoms with van der Waals surface area (Å²) in [6.07, 6.45) is 7.36. The Kier molecular flexibility index (Phi) is 7.04. The monoisotopic (exact) mass is 434 g/mol. The quantitative estimate of drug-likeness (QED) is 0.500. The van der Waals surface area contributed by atoms with Crippen LogP contribution >= 0.6 is 0 Å². The molecule has 1 N–H and O–H groups in total. The van der Waals surface area contributed by atoms with E-state index in [1.165, 1.54) is 0 Å². The van der Waals surface area contributed by atoms with Crippen LogP contribution in [0.2, 0.25) is 0 Å². The molecule has 7 nitrogen and oxygen atoms in total. The van der Waals surface area contributed by atoms with Gasteiger partial charge in [0.2, 0.25) is 5.91 Å². The maximum Gasteiger partial charge on any atom is 0.287 e. The van der Waals surface area contributed by atoms with Gasteiger partial charge in [-0.1, -0.05) is 13.0 Å². The van der Waals surface area contributed by atoms with E-state index in [2.05, 4.69) is 21.8 Å². The molecule has 0 saturated heterocycles. The molecule has 2 amide bonds. The van der Waals surface area contributed by atoms with Crippen LogP contribution in [0.15, 0.2) is 59.3 Å². The Hall–Kier alpha value is -3.35. The number of rotatable bonds is 11. The van der Waals surface area contributed by atoms with Gasteiger partial charge in [0, 0.05) is 49.2 Å². The summed E-state index contributed by atoms with van der Waals surface area (Å²) in [4.78, 5) is 31.2. The van der Waals surface area contributed by atoms with Gasteiger partial charge >= 0.3 is 0 Å². The molecule has 3 aromatic rings. The zero-order valence-corrected chi connectivity index (χ0v) is 18.5. The van der Waals surface area contributed by atoms with E-state index in [1.54, 1.807) is 12.3 Å². The molecule has 1 saturated carbocycles. The smallest absolute Gasteiger partial charge is 0.287 e. The Morgan fingerprint density at radius 3 is 2.81 bits per heavy atom. The Morgan fingerprint density at radius 1 is 1.19 bits per heavy atom. The van der Waals surface area contributed by atoms with E-state index < -0.39 is 0 Å². The zero-order chi connectivity index (χ0) is 22.3. The molecule has 0 aromatic carbocycles. The second-order valence-corrected chi connectivity index (χ2v) is 8.25. The van der Waals surface area contributed by atoms with E-state index in [4.69, 9.17) is 4.42 Å². The molecule has 4 rings (SSSR count). The SMILES string of the molecule is CCCN(Cc1cccn1Cc1ccc(C(=O)NCCc2ccccn2)o1)C(=O)C1CC1. The normalized spacial score (nSPS) is 13.2. The van der Waals surface area contributed by atoms with Crippen LogP contribution in [-0.4, -0.2) is 39.4 Å². The van der Waals surface area contributed by atoms with E-state index >= 15 is 0 Å². The number of carbonyl (C=O) groups excluding carboxylic acids is 2. The molecular weight excluding hydrogens is 404 g/mol. The van der Waals surface area contributed by atoms with E-state index in [-0.39, 0.29) is 17.7 Å². The molecule has 1 fully saturated rings. The lowest BCUT2D eigenvalue weighted by Gasteiger charge is -2.23. The lowest BCUT2D eigenvalue weighted by molar-refractivity contribution is -0.133. The fraction of sp³-hybridized carbons (Fsp3) is 0.400. The van der Waals surface area contributed by atoms with Gasteiger partial charge in [0.25, 0.3) is 5.91 Å². The molecule has 0 spiro atoms. The molecule has 3 heterocycles. The van der Waals surface area contributed by atoms with Gasteiger partial charge < -0.3 is 19.2 Å². The van der Waals surface area contributed by atoms with E-state index in [0.717, 1.165) is 37.2 Å². The minimum atomic E-state index is -0.232. The number of pyridine rings is 1. The zero-order valence-electron chi connectivity index (χ0n) is 18.5. The highest BCUT2D eigenvalue weighted by Gasteiger charge is 2.33. The molecule has 0 unspecified atom stereocenters. The van der Waals surface area contributed by atoms with Crippen LogP contribution in [0, 0.1) is 5.92 Å². The van der Waals surface area contributed by atoms with Crippen molar-refractivity contribution in [1.82, 2.24) is 19.8 Å². The molecule has 3 aromatic heterocycles. The van der Waals surface area contributed by atoms with Crippen LogP contribution in [0.25, 0.3) is 0 Å². The number of furan rings is 1. The third kappa shape index (κ3) is 5.66. The van der Waals surface area contributed by atoms with Crippen molar-refractivity contribution in [2.45, 2.75) is 45.7 Å². The number of carbonyl (C=O) groups is 2. The van der Waals surface area contributed by atoms with Crippen LogP contribution < -0.4 is 5.32 Å². The van der Waals surface area contributed by atoms with Crippen LogP contribution in [0.1, 0.15) is 53.9 Å². The standard InChI is InChI=1S/C25H30N4O3/c1-2-15-29(25(31)19-8-9-19)17-21-7-5-16-28(21)18-22-10-11-23(32-22)24(30)27-14-12-20-6-3-4-13-26-20/h3-7,10-11,13,16,19H,2,8-9,12,14-15,17-18H2,1H3,(H,27,30). The van der Waals surface area contributed by atoms with Gasteiger partial charge in [0.1, 0.15) is 5.76 Å². The van der Waals surface area contributed by atoms with Crippen molar-refractivity contribution in [3.63, 3.8) is 0 Å². The predicted molar refractivity (Wildman–Crippen MR) is 121 cm³/mol. The summed E-state index contributed by atoms with van der Waals surface area (Å²) in [7, 11) is 0. The van der Waals surface area contributed by atoms with Gasteiger partial charge in [-0.25, -0.2) is 0 Å². The van der Waals surface area contributed by atoms with Gasteiger partial charge in [0.05, 0.1) is 13.1 Å². The first kappa shape index (κ1) is 21.9. The second-order valence-electron chi connectivity index (χ2n) is 8.25. The van der Waals surface area contributed by atoms with Crippen LogP contribution in [0.3, 0.4) is 0 Å². The number of hydrogen-bond acceptors (Lipinski definition) is 4. The average molecular weight is 435 g/mol. The molecule has 0 radical (unpaired) electrons. The fourth-order valence-corrected chi connectivity index (χ4v) is 3.76. The Bertz CT molecular complexity index is 1040. The molecule has 168 valence electrons. The average Bonchev–Trinajstić information content (AvgIpc) is 3.40. The lowest BCUT2D eigenvalue weighted by Crippen LogP contribution is -2.33. The molecular formula is C25H30N4O3. The van der Waals surface area contributed by atoms with Crippen molar-refractivity contribution >= 4 is 11.8 Å². The van der Waals surface area contributed by atoms with Crippen molar-refractivity contribution < 1.29 is 14.0 Å². The Labute approximate surface area is 188 Å². The summed E-state index contributed by atoms with van der Waals surface area (Å²) in [6.45, 7) is 4.47. The number of amides is 2. The minimum Gasteiger partial charge on any atom is -0.454 e. The first-order valence-electron chi connectivity index (χ1n) is 11.3. The number of nitrogens with zero attached hydrogens (tertiary/aromatic N) is 3. The van der Waals surface area contributed by atoms with Crippen LogP contribution in [0.4, 0.5) is 0 Å². The largest absolute Gasteiger partial charge is 0.454 e. The van der Waals surface area contributed by atoms with Gasteiger partial charge in [0.15, 0.2) is 5.76 Å². The van der Waals surface area contributed by atoms with Crippen molar-refractivity contribution in [3.8, 4) is 0 Å². The first-order valence-corrected chi connectivity index (χ1v) is 11.3. The van der Waals surface area contributed by atoms with E-state index in [9.17, 15) is 9.59 Å². The maximum absolute atomic E-state index is 12.6. The highest BCUT2D eigenvalue weighted by Crippen LogP contribution is 2.31. The maximum atomic E-state index is 12.6. The van der Waals surface area contributed by atoms with E-state index in [0.29, 0.717) is 37.6 Å². The highest BCUT2D eigenvalue weighted by atomic mass is 16.4. The number of aromatic nitrogens is 2. The molecule has 32 heavy (non-hydrogen) atoms. The molecule has 0 atom stereocenters. The summed E-state index contributed by atoms with van der Waals surface area (Å²) in [6, 6.07) is 13.3. The molecule has 0 aliphatic heterocycles. The lowest BCUT2D eigenvalue weighted by atomic mass is 10.2. The molecule has 1 aliphatic rings. The van der Waals surface area contributed by atoms with Crippen LogP contribution in [0.5, 0.6) is 0 Å². The molecule has 7 heteroatoms. The van der Waals surface area contributed by atoms with Crippen molar-refractivity contribution in [3.05, 3.63) is 77.8 Å². The summed E-state index contributed by atoms with van der Waals surface area (Å²) in [5.74, 6) is 1.25. The van der Waals surface area contributed by atoms with Gasteiger partial charge in [-0.2, -0.15) is 0 Å². The third-order valence-corrected chi connectivity index (χ3v) is 5.61. The third-order valence-electron chi connectivity index (χ3n) is 5.61. The second kappa shape index (κ2) is 10.3. The Balaban J connectivity index is 1.33. The van der Waals surface area contributed by atoms with Crippen LogP contribution in [-0.2, 0) is 24.3 Å². The van der Waals surface area contributed by atoms with E-state index in [1.807, 2.05) is 47.5 Å². The topological polar surface area (TPSA) is 80.4 Å². The summed E-state index contributed by atoms with van der Waals surface area (Å²) >= 11 is 0. The first-order chi connectivity index (χ1) is 15.6.